The molecule has 0 saturated heterocycles. The van der Waals surface area contributed by atoms with Gasteiger partial charge in [0.05, 0.1) is 12.2 Å². The largest absolute Gasteiger partial charge is 0.458 e. The van der Waals surface area contributed by atoms with Crippen molar-refractivity contribution >= 4 is 17.8 Å². The third-order valence-corrected chi connectivity index (χ3v) is 12.2. The molecule has 4 saturated carbocycles. The van der Waals surface area contributed by atoms with Gasteiger partial charge in [-0.15, -0.1) is 5.10 Å². The van der Waals surface area contributed by atoms with Crippen LogP contribution in [0.2, 0.25) is 0 Å². The summed E-state index contributed by atoms with van der Waals surface area (Å²) in [5.41, 5.74) is 1.89. The minimum Gasteiger partial charge on any atom is -0.458 e. The fourth-order valence-electron chi connectivity index (χ4n) is 10.2. The van der Waals surface area contributed by atoms with E-state index >= 15 is 0 Å². The number of ether oxygens (including phenoxy) is 1. The summed E-state index contributed by atoms with van der Waals surface area (Å²) < 4.78 is 6.04. The molecule has 1 unspecified atom stereocenters. The lowest BCUT2D eigenvalue weighted by Crippen LogP contribution is -2.65. The summed E-state index contributed by atoms with van der Waals surface area (Å²) in [5.74, 6) is -0.190. The molecule has 1 heterocycles. The second-order valence-corrected chi connectivity index (χ2v) is 14.5. The summed E-state index contributed by atoms with van der Waals surface area (Å²) >= 11 is 0. The first-order chi connectivity index (χ1) is 19.7. The van der Waals surface area contributed by atoms with E-state index in [1.807, 2.05) is 13.8 Å². The molecule has 1 aromatic heterocycles. The molecule has 0 radical (unpaired) electrons. The van der Waals surface area contributed by atoms with Gasteiger partial charge in [0.1, 0.15) is 6.10 Å². The van der Waals surface area contributed by atoms with Crippen molar-refractivity contribution in [2.24, 2.45) is 39.9 Å². The minimum atomic E-state index is -0.575. The summed E-state index contributed by atoms with van der Waals surface area (Å²) in [4.78, 5) is 26.4. The summed E-state index contributed by atoms with van der Waals surface area (Å²) in [7, 11) is 0. The fraction of sp³-hybridized carbons (Fsp3) is 0.781. The van der Waals surface area contributed by atoms with E-state index in [-0.39, 0.29) is 57.9 Å². The molecule has 0 spiro atoms. The van der Waals surface area contributed by atoms with Gasteiger partial charge >= 0.3 is 5.97 Å². The molecular formula is C32H49N5O5. The first-order valence-corrected chi connectivity index (χ1v) is 15.7. The Kier molecular flexibility index (Phi) is 8.20. The first-order valence-electron chi connectivity index (χ1n) is 15.7. The van der Waals surface area contributed by atoms with Gasteiger partial charge in [0.2, 0.25) is 0 Å². The van der Waals surface area contributed by atoms with Crippen molar-refractivity contribution < 1.29 is 24.5 Å². The highest BCUT2D eigenvalue weighted by molar-refractivity contribution is 6.03. The van der Waals surface area contributed by atoms with Gasteiger partial charge in [0, 0.05) is 12.5 Å². The van der Waals surface area contributed by atoms with Crippen LogP contribution < -0.4 is 5.32 Å². The molecule has 42 heavy (non-hydrogen) atoms. The number of hydrogen-bond donors (Lipinski definition) is 4. The number of carbonyl (C=O) groups is 2. The lowest BCUT2D eigenvalue weighted by atomic mass is 9.36. The Labute approximate surface area is 249 Å². The molecule has 4 aliphatic carbocycles. The summed E-state index contributed by atoms with van der Waals surface area (Å²) in [6.45, 7) is 14.6. The number of tetrazole rings is 1. The van der Waals surface area contributed by atoms with Crippen LogP contribution in [0.5, 0.6) is 0 Å². The van der Waals surface area contributed by atoms with Crippen LogP contribution in [0.15, 0.2) is 22.8 Å². The molecule has 4 aliphatic rings. The number of nitrogens with zero attached hydrogens (tertiary/aromatic N) is 3. The number of H-pyrrole nitrogens is 1. The van der Waals surface area contributed by atoms with Crippen LogP contribution in [0.25, 0.3) is 0 Å². The molecule has 4 fully saturated rings. The van der Waals surface area contributed by atoms with Gasteiger partial charge in [-0.05, 0) is 116 Å². The number of anilines is 1. The Morgan fingerprint density at radius 1 is 1.10 bits per heavy atom. The quantitative estimate of drug-likeness (QED) is 0.213. The average molecular weight is 584 g/mol. The summed E-state index contributed by atoms with van der Waals surface area (Å²) in [6.07, 6.45) is 6.43. The van der Waals surface area contributed by atoms with E-state index in [1.54, 1.807) is 0 Å². The van der Waals surface area contributed by atoms with Crippen LogP contribution >= 0.6 is 0 Å². The Hall–Kier alpha value is -2.59. The number of nitrogens with one attached hydrogen (secondary N) is 2. The van der Waals surface area contributed by atoms with Crippen molar-refractivity contribution in [3.63, 3.8) is 0 Å². The standard InChI is InChI=1S/C32H49N5O5/c1-17(2)9-8-10-20(28(41)33-29-34-36-37-35-29)26-22-15-24(40)27-30(5)13-12-23(39)18(3)21(30)11-14-31(27,6)32(22,7)16-25(26)42-19(4)38/h9,18,21-25,27,39-40H,8,10-16H2,1-7H3,(H2,33,34,35,36,37,41)/b26-20-/t18-,21-,22-,23+,24+,25-,27?,30-,31-,32-/m0/s1. The number of rotatable bonds is 6. The van der Waals surface area contributed by atoms with Gasteiger partial charge in [0.25, 0.3) is 11.9 Å². The third kappa shape index (κ3) is 4.92. The van der Waals surface area contributed by atoms with Crippen LogP contribution in [0.4, 0.5) is 5.95 Å². The minimum absolute atomic E-state index is 0.0413. The molecule has 4 N–H and O–H groups in total. The first kappa shape index (κ1) is 30.9. The predicted molar refractivity (Wildman–Crippen MR) is 158 cm³/mol. The van der Waals surface area contributed by atoms with Gasteiger partial charge in [-0.2, -0.15) is 5.21 Å². The summed E-state index contributed by atoms with van der Waals surface area (Å²) in [6, 6.07) is 0. The van der Waals surface area contributed by atoms with E-state index in [9.17, 15) is 19.8 Å². The van der Waals surface area contributed by atoms with Crippen molar-refractivity contribution in [2.45, 2.75) is 118 Å². The molecule has 0 aromatic carbocycles. The summed E-state index contributed by atoms with van der Waals surface area (Å²) in [5, 5.41) is 39.4. The van der Waals surface area contributed by atoms with Crippen LogP contribution in [-0.2, 0) is 14.3 Å². The van der Waals surface area contributed by atoms with E-state index in [0.717, 1.165) is 36.8 Å². The number of esters is 1. The van der Waals surface area contributed by atoms with Crippen molar-refractivity contribution in [2.75, 3.05) is 5.32 Å². The maximum absolute atomic E-state index is 13.9. The lowest BCUT2D eigenvalue weighted by Gasteiger charge is -2.69. The number of aliphatic hydroxyl groups excluding tert-OH is 2. The normalized spacial score (nSPS) is 42.1. The highest BCUT2D eigenvalue weighted by Crippen LogP contribution is 2.74. The molecular weight excluding hydrogens is 534 g/mol. The van der Waals surface area contributed by atoms with Gasteiger partial charge in [0.15, 0.2) is 0 Å². The van der Waals surface area contributed by atoms with Crippen molar-refractivity contribution in [1.82, 2.24) is 20.6 Å². The molecule has 10 nitrogen and oxygen atoms in total. The molecule has 0 bridgehead atoms. The average Bonchev–Trinajstić information content (AvgIpc) is 3.50. The van der Waals surface area contributed by atoms with Crippen molar-refractivity contribution in [3.05, 3.63) is 22.8 Å². The van der Waals surface area contributed by atoms with Gasteiger partial charge in [-0.1, -0.05) is 44.4 Å². The second-order valence-electron chi connectivity index (χ2n) is 14.5. The molecule has 232 valence electrons. The highest BCUT2D eigenvalue weighted by Gasteiger charge is 2.70. The maximum Gasteiger partial charge on any atom is 0.303 e. The number of hydrogen-bond acceptors (Lipinski definition) is 8. The van der Waals surface area contributed by atoms with E-state index in [2.05, 4.69) is 59.7 Å². The van der Waals surface area contributed by atoms with E-state index in [4.69, 9.17) is 4.74 Å². The zero-order chi connectivity index (χ0) is 30.6. The van der Waals surface area contributed by atoms with E-state index in [1.165, 1.54) is 6.92 Å². The van der Waals surface area contributed by atoms with Crippen LogP contribution in [0.3, 0.4) is 0 Å². The Morgan fingerprint density at radius 3 is 2.48 bits per heavy atom. The molecule has 5 rings (SSSR count). The molecule has 1 aromatic rings. The highest BCUT2D eigenvalue weighted by atomic mass is 16.5. The predicted octanol–water partition coefficient (Wildman–Crippen LogP) is 4.73. The van der Waals surface area contributed by atoms with E-state index < -0.39 is 12.2 Å². The number of amides is 1. The number of carbonyl (C=O) groups excluding carboxylic acids is 2. The molecule has 10 heteroatoms. The van der Waals surface area contributed by atoms with Gasteiger partial charge in [-0.25, -0.2) is 0 Å². The van der Waals surface area contributed by atoms with Crippen molar-refractivity contribution in [1.29, 1.82) is 0 Å². The third-order valence-electron chi connectivity index (χ3n) is 12.2. The fourth-order valence-corrected chi connectivity index (χ4v) is 10.2. The Morgan fingerprint density at radius 2 is 1.83 bits per heavy atom. The Bertz CT molecular complexity index is 1260. The molecule has 1 amide bonds. The number of aromatic amines is 1. The number of allylic oxidation sites excluding steroid dienone is 2. The molecule has 0 aliphatic heterocycles. The number of aromatic nitrogens is 4. The smallest absolute Gasteiger partial charge is 0.303 e. The van der Waals surface area contributed by atoms with Crippen LogP contribution in [0, 0.1) is 39.9 Å². The van der Waals surface area contributed by atoms with Crippen LogP contribution in [0.1, 0.15) is 99.8 Å². The van der Waals surface area contributed by atoms with Gasteiger partial charge in [-0.3, -0.25) is 14.9 Å². The number of fused-ring (bicyclic) bond motifs is 5. The Balaban J connectivity index is 1.62. The lowest BCUT2D eigenvalue weighted by molar-refractivity contribution is -0.234. The maximum atomic E-state index is 13.9. The van der Waals surface area contributed by atoms with Crippen LogP contribution in [-0.4, -0.2) is 61.0 Å². The zero-order valence-electron chi connectivity index (χ0n) is 26.2. The van der Waals surface area contributed by atoms with E-state index in [0.29, 0.717) is 37.2 Å². The topological polar surface area (TPSA) is 150 Å². The van der Waals surface area contributed by atoms with Crippen molar-refractivity contribution in [3.8, 4) is 0 Å². The monoisotopic (exact) mass is 583 g/mol. The molecule has 10 atom stereocenters. The zero-order valence-corrected chi connectivity index (χ0v) is 26.2. The second kappa shape index (κ2) is 11.2. The SMILES string of the molecule is CC(=O)O[C@H]1C[C@@]2(C)[C@@H](C[C@@H](O)C3[C@]2(C)CC[C@H]2[C@H](C)[C@H](O)CC[C@]32C)/C1=C(\CCC=C(C)C)C(=O)Nc1nn[nH]n1. The van der Waals surface area contributed by atoms with Gasteiger partial charge < -0.3 is 14.9 Å². The number of aliphatic hydroxyl groups is 2.